The summed E-state index contributed by atoms with van der Waals surface area (Å²) in [6.45, 7) is 1.44. The molecule has 1 aliphatic rings. The summed E-state index contributed by atoms with van der Waals surface area (Å²) in [5, 5.41) is 2.96. The van der Waals surface area contributed by atoms with Crippen LogP contribution in [0.15, 0.2) is 16.7 Å². The second kappa shape index (κ2) is 6.34. The van der Waals surface area contributed by atoms with Gasteiger partial charge in [0.05, 0.1) is 5.56 Å². The van der Waals surface area contributed by atoms with E-state index in [4.69, 9.17) is 4.74 Å². The van der Waals surface area contributed by atoms with E-state index in [9.17, 15) is 4.79 Å². The first-order chi connectivity index (χ1) is 9.13. The fraction of sp³-hybridized carbons (Fsp3) is 0.538. The Labute approximate surface area is 121 Å². The van der Waals surface area contributed by atoms with Crippen molar-refractivity contribution in [3.63, 3.8) is 0 Å². The van der Waals surface area contributed by atoms with Crippen LogP contribution in [0.25, 0.3) is 0 Å². The maximum absolute atomic E-state index is 12.6. The number of aromatic nitrogens is 1. The maximum atomic E-state index is 12.6. The highest BCUT2D eigenvalue weighted by molar-refractivity contribution is 9.10. The van der Waals surface area contributed by atoms with Gasteiger partial charge >= 0.3 is 0 Å². The molecular weight excluding hydrogens is 310 g/mol. The first-order valence-electron chi connectivity index (χ1n) is 6.31. The molecule has 0 aromatic carbocycles. The minimum absolute atomic E-state index is 0.00921. The quantitative estimate of drug-likeness (QED) is 0.924. The Morgan fingerprint density at radius 2 is 2.21 bits per heavy atom. The first-order valence-corrected chi connectivity index (χ1v) is 7.11. The second-order valence-corrected chi connectivity index (χ2v) is 5.47. The van der Waals surface area contributed by atoms with Crippen molar-refractivity contribution in [3.8, 4) is 0 Å². The van der Waals surface area contributed by atoms with E-state index in [2.05, 4.69) is 26.2 Å². The van der Waals surface area contributed by atoms with Crippen molar-refractivity contribution in [2.45, 2.75) is 18.9 Å². The molecule has 2 heterocycles. The van der Waals surface area contributed by atoms with Gasteiger partial charge in [-0.2, -0.15) is 0 Å². The number of carbonyl (C=O) groups is 1. The molecule has 0 aliphatic carbocycles. The zero-order valence-electron chi connectivity index (χ0n) is 11.1. The van der Waals surface area contributed by atoms with Gasteiger partial charge in [0.1, 0.15) is 5.82 Å². The molecule has 1 amide bonds. The average Bonchev–Trinajstić information content (AvgIpc) is 2.46. The molecule has 0 spiro atoms. The Morgan fingerprint density at radius 1 is 1.53 bits per heavy atom. The summed E-state index contributed by atoms with van der Waals surface area (Å²) in [5.41, 5.74) is 0.589. The summed E-state index contributed by atoms with van der Waals surface area (Å²) in [6, 6.07) is 2.04. The molecular formula is C13H18BrN3O2. The molecule has 0 unspecified atom stereocenters. The van der Waals surface area contributed by atoms with E-state index < -0.39 is 0 Å². The predicted molar refractivity (Wildman–Crippen MR) is 77.4 cm³/mol. The van der Waals surface area contributed by atoms with E-state index >= 15 is 0 Å². The maximum Gasteiger partial charge on any atom is 0.257 e. The molecule has 0 atom stereocenters. The number of hydrogen-bond acceptors (Lipinski definition) is 4. The van der Waals surface area contributed by atoms with Gasteiger partial charge in [0.2, 0.25) is 0 Å². The van der Waals surface area contributed by atoms with E-state index in [0.29, 0.717) is 11.4 Å². The molecule has 5 nitrogen and oxygen atoms in total. The number of pyridine rings is 1. The van der Waals surface area contributed by atoms with Crippen LogP contribution < -0.4 is 5.32 Å². The van der Waals surface area contributed by atoms with Crippen molar-refractivity contribution in [2.75, 3.05) is 32.6 Å². The van der Waals surface area contributed by atoms with Crippen LogP contribution in [-0.2, 0) is 4.74 Å². The number of halogens is 1. The summed E-state index contributed by atoms with van der Waals surface area (Å²) in [6.07, 6.45) is 3.45. The minimum atomic E-state index is -0.00921. The van der Waals surface area contributed by atoms with Crippen LogP contribution in [-0.4, -0.2) is 49.1 Å². The van der Waals surface area contributed by atoms with Gasteiger partial charge in [0, 0.05) is 44.0 Å². The van der Waals surface area contributed by atoms with Crippen molar-refractivity contribution in [1.29, 1.82) is 0 Å². The van der Waals surface area contributed by atoms with Crippen molar-refractivity contribution in [1.82, 2.24) is 9.88 Å². The Morgan fingerprint density at radius 3 is 2.84 bits per heavy atom. The molecule has 19 heavy (non-hydrogen) atoms. The number of rotatable bonds is 3. The average molecular weight is 328 g/mol. The van der Waals surface area contributed by atoms with Crippen LogP contribution in [0.4, 0.5) is 5.82 Å². The van der Waals surface area contributed by atoms with Crippen LogP contribution in [0, 0.1) is 0 Å². The van der Waals surface area contributed by atoms with Gasteiger partial charge in [-0.15, -0.1) is 0 Å². The second-order valence-electron chi connectivity index (χ2n) is 4.56. The molecule has 1 N–H and O–H groups in total. The molecule has 104 valence electrons. The monoisotopic (exact) mass is 327 g/mol. The normalized spacial score (nSPS) is 16.2. The summed E-state index contributed by atoms with van der Waals surface area (Å²) in [7, 11) is 3.61. The SMILES string of the molecule is CNc1ncc(Br)cc1C(=O)N(C)C1CCOCC1. The van der Waals surface area contributed by atoms with Crippen LogP contribution >= 0.6 is 15.9 Å². The molecule has 0 saturated carbocycles. The highest BCUT2D eigenvalue weighted by atomic mass is 79.9. The summed E-state index contributed by atoms with van der Waals surface area (Å²) < 4.78 is 6.13. The van der Waals surface area contributed by atoms with Gasteiger partial charge in [-0.3, -0.25) is 4.79 Å². The number of carbonyl (C=O) groups excluding carboxylic acids is 1. The lowest BCUT2D eigenvalue weighted by Gasteiger charge is -2.31. The van der Waals surface area contributed by atoms with Gasteiger partial charge in [-0.1, -0.05) is 0 Å². The lowest BCUT2D eigenvalue weighted by atomic mass is 10.1. The van der Waals surface area contributed by atoms with Crippen LogP contribution in [0.3, 0.4) is 0 Å². The Bertz CT molecular complexity index is 461. The van der Waals surface area contributed by atoms with Crippen LogP contribution in [0.2, 0.25) is 0 Å². The lowest BCUT2D eigenvalue weighted by molar-refractivity contribution is 0.0362. The van der Waals surface area contributed by atoms with Crippen molar-refractivity contribution < 1.29 is 9.53 Å². The summed E-state index contributed by atoms with van der Waals surface area (Å²) >= 11 is 3.36. The molecule has 1 aromatic rings. The van der Waals surface area contributed by atoms with E-state index in [1.807, 2.05) is 7.05 Å². The van der Waals surface area contributed by atoms with Gasteiger partial charge < -0.3 is 15.0 Å². The van der Waals surface area contributed by atoms with Crippen LogP contribution in [0.1, 0.15) is 23.2 Å². The van der Waals surface area contributed by atoms with Gasteiger partial charge in [-0.25, -0.2) is 4.98 Å². The van der Waals surface area contributed by atoms with Crippen molar-refractivity contribution in [2.24, 2.45) is 0 Å². The Kier molecular flexibility index (Phi) is 4.76. The molecule has 1 fully saturated rings. The molecule has 0 radical (unpaired) electrons. The largest absolute Gasteiger partial charge is 0.381 e. The number of hydrogen-bond donors (Lipinski definition) is 1. The minimum Gasteiger partial charge on any atom is -0.381 e. The smallest absolute Gasteiger partial charge is 0.257 e. The third kappa shape index (κ3) is 3.25. The topological polar surface area (TPSA) is 54.5 Å². The number of ether oxygens (including phenoxy) is 1. The standard InChI is InChI=1S/C13H18BrN3O2/c1-15-12-11(7-9(14)8-16-12)13(18)17(2)10-3-5-19-6-4-10/h7-8,10H,3-6H2,1-2H3,(H,15,16). The summed E-state index contributed by atoms with van der Waals surface area (Å²) in [4.78, 5) is 18.6. The van der Waals surface area contributed by atoms with Crippen LogP contribution in [0.5, 0.6) is 0 Å². The molecule has 6 heteroatoms. The number of amides is 1. The van der Waals surface area contributed by atoms with E-state index in [1.54, 1.807) is 24.2 Å². The fourth-order valence-electron chi connectivity index (χ4n) is 2.23. The molecule has 2 rings (SSSR count). The summed E-state index contributed by atoms with van der Waals surface area (Å²) in [5.74, 6) is 0.595. The third-order valence-electron chi connectivity index (χ3n) is 3.38. The molecule has 1 saturated heterocycles. The Hall–Kier alpha value is -1.14. The number of anilines is 1. The number of nitrogens with one attached hydrogen (secondary N) is 1. The van der Waals surface area contributed by atoms with E-state index in [1.165, 1.54) is 0 Å². The predicted octanol–water partition coefficient (Wildman–Crippen LogP) is 2.14. The van der Waals surface area contributed by atoms with E-state index in [0.717, 1.165) is 30.5 Å². The van der Waals surface area contributed by atoms with Gasteiger partial charge in [0.15, 0.2) is 0 Å². The van der Waals surface area contributed by atoms with Crippen molar-refractivity contribution in [3.05, 3.63) is 22.3 Å². The van der Waals surface area contributed by atoms with E-state index in [-0.39, 0.29) is 11.9 Å². The highest BCUT2D eigenvalue weighted by Gasteiger charge is 2.25. The third-order valence-corrected chi connectivity index (χ3v) is 3.81. The lowest BCUT2D eigenvalue weighted by Crippen LogP contribution is -2.40. The molecule has 0 bridgehead atoms. The molecule has 1 aliphatic heterocycles. The highest BCUT2D eigenvalue weighted by Crippen LogP contribution is 2.22. The zero-order valence-corrected chi connectivity index (χ0v) is 12.7. The van der Waals surface area contributed by atoms with Gasteiger partial charge in [0.25, 0.3) is 5.91 Å². The van der Waals surface area contributed by atoms with Gasteiger partial charge in [-0.05, 0) is 34.8 Å². The molecule has 1 aromatic heterocycles. The fourth-order valence-corrected chi connectivity index (χ4v) is 2.56. The first kappa shape index (κ1) is 14.3. The Balaban J connectivity index is 2.20. The zero-order chi connectivity index (χ0) is 13.8. The number of nitrogens with zero attached hydrogens (tertiary/aromatic N) is 2. The van der Waals surface area contributed by atoms with Crippen molar-refractivity contribution >= 4 is 27.7 Å².